The summed E-state index contributed by atoms with van der Waals surface area (Å²) in [5.41, 5.74) is 1.66. The summed E-state index contributed by atoms with van der Waals surface area (Å²) in [6.45, 7) is 2.93. The third kappa shape index (κ3) is 7.10. The summed E-state index contributed by atoms with van der Waals surface area (Å²) in [7, 11) is 1.24. The Balaban J connectivity index is 1.77. The van der Waals surface area contributed by atoms with E-state index in [2.05, 4.69) is 15.4 Å². The zero-order chi connectivity index (χ0) is 21.4. The van der Waals surface area contributed by atoms with Crippen molar-refractivity contribution in [3.8, 4) is 5.75 Å². The number of hydrogen-bond acceptors (Lipinski definition) is 7. The monoisotopic (exact) mass is 406 g/mol. The highest BCUT2D eigenvalue weighted by Crippen LogP contribution is 2.26. The number of nitrogens with one attached hydrogen (secondary N) is 2. The average Bonchev–Trinajstić information content (AvgIpc) is 2.69. The Morgan fingerprint density at radius 2 is 1.93 bits per heavy atom. The smallest absolute Gasteiger partial charge is 0.344 e. The molecular formula is C20H26N2O7. The minimum atomic E-state index is -0.793. The number of ether oxygens (including phenoxy) is 3. The van der Waals surface area contributed by atoms with Crippen molar-refractivity contribution < 1.29 is 33.4 Å². The quantitative estimate of drug-likeness (QED) is 0.591. The number of anilines is 1. The predicted molar refractivity (Wildman–Crippen MR) is 103 cm³/mol. The molecule has 0 fully saturated rings. The fourth-order valence-corrected chi connectivity index (χ4v) is 2.84. The van der Waals surface area contributed by atoms with Crippen molar-refractivity contribution in [1.82, 2.24) is 5.32 Å². The second-order valence-electron chi connectivity index (χ2n) is 7.09. The number of fused-ring (bicyclic) bond motifs is 1. The molecule has 0 bridgehead atoms. The number of aryl methyl sites for hydroxylation is 1. The van der Waals surface area contributed by atoms with Crippen LogP contribution in [0.5, 0.6) is 5.75 Å². The number of amides is 2. The van der Waals surface area contributed by atoms with Crippen molar-refractivity contribution in [3.05, 3.63) is 23.8 Å². The van der Waals surface area contributed by atoms with Gasteiger partial charge in [0.2, 0.25) is 5.91 Å². The summed E-state index contributed by atoms with van der Waals surface area (Å²) in [6, 6.07) is 4.31. The van der Waals surface area contributed by atoms with Crippen LogP contribution in [-0.4, -0.2) is 50.1 Å². The molecule has 2 amide bonds. The maximum Gasteiger partial charge on any atom is 0.344 e. The van der Waals surface area contributed by atoms with E-state index in [9.17, 15) is 19.2 Å². The third-order valence-corrected chi connectivity index (χ3v) is 4.22. The van der Waals surface area contributed by atoms with Gasteiger partial charge < -0.3 is 24.8 Å². The number of hydrogen-bond donors (Lipinski definition) is 2. The molecule has 1 heterocycles. The van der Waals surface area contributed by atoms with Gasteiger partial charge in [0, 0.05) is 12.1 Å². The highest BCUT2D eigenvalue weighted by Gasteiger charge is 2.23. The Morgan fingerprint density at radius 1 is 1.17 bits per heavy atom. The largest absolute Gasteiger partial charge is 0.482 e. The second kappa shape index (κ2) is 10.4. The molecule has 1 aliphatic heterocycles. The second-order valence-corrected chi connectivity index (χ2v) is 7.09. The van der Waals surface area contributed by atoms with E-state index in [-0.39, 0.29) is 18.4 Å². The van der Waals surface area contributed by atoms with Crippen molar-refractivity contribution in [2.45, 2.75) is 39.2 Å². The zero-order valence-corrected chi connectivity index (χ0v) is 16.8. The van der Waals surface area contributed by atoms with E-state index < -0.39 is 30.5 Å². The summed E-state index contributed by atoms with van der Waals surface area (Å²) in [5, 5.41) is 5.26. The molecule has 1 aliphatic rings. The van der Waals surface area contributed by atoms with Gasteiger partial charge in [-0.05, 0) is 42.5 Å². The lowest BCUT2D eigenvalue weighted by atomic mass is 10.0. The molecule has 1 unspecified atom stereocenters. The number of carbonyl (C=O) groups excluding carboxylic acids is 4. The minimum Gasteiger partial charge on any atom is -0.482 e. The van der Waals surface area contributed by atoms with Gasteiger partial charge in [-0.25, -0.2) is 9.59 Å². The number of carbonyl (C=O) groups is 4. The van der Waals surface area contributed by atoms with Crippen LogP contribution in [0.2, 0.25) is 0 Å². The number of esters is 2. The molecule has 1 aromatic carbocycles. The van der Waals surface area contributed by atoms with Gasteiger partial charge in [-0.3, -0.25) is 9.59 Å². The van der Waals surface area contributed by atoms with Gasteiger partial charge in [0.1, 0.15) is 11.8 Å². The molecule has 0 saturated carbocycles. The van der Waals surface area contributed by atoms with Gasteiger partial charge >= 0.3 is 11.9 Å². The van der Waals surface area contributed by atoms with Crippen LogP contribution in [0.1, 0.15) is 32.3 Å². The molecule has 0 saturated heterocycles. The first-order chi connectivity index (χ1) is 13.8. The first-order valence-electron chi connectivity index (χ1n) is 9.37. The molecule has 2 N–H and O–H groups in total. The van der Waals surface area contributed by atoms with Crippen LogP contribution >= 0.6 is 0 Å². The third-order valence-electron chi connectivity index (χ3n) is 4.22. The molecule has 2 rings (SSSR count). The fraction of sp³-hybridized carbons (Fsp3) is 0.500. The summed E-state index contributed by atoms with van der Waals surface area (Å²) >= 11 is 0. The molecule has 9 nitrogen and oxygen atoms in total. The Labute approximate surface area is 169 Å². The van der Waals surface area contributed by atoms with Gasteiger partial charge in [-0.2, -0.15) is 0 Å². The van der Waals surface area contributed by atoms with E-state index in [1.807, 2.05) is 13.8 Å². The number of benzene rings is 1. The van der Waals surface area contributed by atoms with Crippen molar-refractivity contribution >= 4 is 29.4 Å². The maximum absolute atomic E-state index is 11.9. The van der Waals surface area contributed by atoms with Crippen molar-refractivity contribution in [2.75, 3.05) is 25.6 Å². The lowest BCUT2D eigenvalue weighted by Crippen LogP contribution is -2.44. The van der Waals surface area contributed by atoms with Crippen molar-refractivity contribution in [3.63, 3.8) is 0 Å². The Kier molecular flexibility index (Phi) is 7.99. The van der Waals surface area contributed by atoms with Crippen LogP contribution in [-0.2, 0) is 35.1 Å². The van der Waals surface area contributed by atoms with E-state index >= 15 is 0 Å². The van der Waals surface area contributed by atoms with E-state index in [4.69, 9.17) is 9.47 Å². The SMILES string of the molecule is COC(=O)C(CC(C)C)NC(=O)COC(=O)COc1ccc2c(c1)CCC(=O)N2. The highest BCUT2D eigenvalue weighted by atomic mass is 16.6. The Hall–Kier alpha value is -3.10. The average molecular weight is 406 g/mol. The van der Waals surface area contributed by atoms with E-state index in [1.165, 1.54) is 7.11 Å². The Bertz CT molecular complexity index is 776. The predicted octanol–water partition coefficient (Wildman–Crippen LogP) is 1.20. The lowest BCUT2D eigenvalue weighted by molar-refractivity contribution is -0.151. The van der Waals surface area contributed by atoms with Crippen molar-refractivity contribution in [2.24, 2.45) is 5.92 Å². The van der Waals surface area contributed by atoms with Gasteiger partial charge in [0.25, 0.3) is 5.91 Å². The normalized spacial score (nSPS) is 13.7. The van der Waals surface area contributed by atoms with Gasteiger partial charge in [-0.1, -0.05) is 13.8 Å². The summed E-state index contributed by atoms with van der Waals surface area (Å²) in [5.74, 6) is -1.27. The van der Waals surface area contributed by atoms with Crippen molar-refractivity contribution in [1.29, 1.82) is 0 Å². The van der Waals surface area contributed by atoms with E-state index in [1.54, 1.807) is 18.2 Å². The fourth-order valence-electron chi connectivity index (χ4n) is 2.84. The molecule has 0 aromatic heterocycles. The van der Waals surface area contributed by atoms with Gasteiger partial charge in [0.05, 0.1) is 7.11 Å². The first-order valence-corrected chi connectivity index (χ1v) is 9.37. The molecule has 0 aliphatic carbocycles. The van der Waals surface area contributed by atoms with Crippen LogP contribution < -0.4 is 15.4 Å². The highest BCUT2D eigenvalue weighted by molar-refractivity contribution is 5.94. The van der Waals surface area contributed by atoms with Crippen LogP contribution in [0, 0.1) is 5.92 Å². The minimum absolute atomic E-state index is 0.0316. The summed E-state index contributed by atoms with van der Waals surface area (Å²) in [6.07, 6.45) is 1.41. The molecule has 1 aromatic rings. The summed E-state index contributed by atoms with van der Waals surface area (Å²) < 4.78 is 14.9. The molecule has 158 valence electrons. The van der Waals surface area contributed by atoms with Crippen LogP contribution in [0.25, 0.3) is 0 Å². The number of rotatable bonds is 9. The van der Waals surface area contributed by atoms with Crippen LogP contribution in [0.3, 0.4) is 0 Å². The number of methoxy groups -OCH3 is 1. The standard InChI is InChI=1S/C20H26N2O7/c1-12(2)8-16(20(26)27-3)22-18(24)10-29-19(25)11-28-14-5-6-15-13(9-14)4-7-17(23)21-15/h5-6,9,12,16H,4,7-8,10-11H2,1-3H3,(H,21,23)(H,22,24). The molecule has 9 heteroatoms. The first kappa shape index (κ1) is 22.2. The van der Waals surface area contributed by atoms with Gasteiger partial charge in [-0.15, -0.1) is 0 Å². The van der Waals surface area contributed by atoms with Gasteiger partial charge in [0.15, 0.2) is 13.2 Å². The van der Waals surface area contributed by atoms with E-state index in [0.717, 1.165) is 11.3 Å². The molecular weight excluding hydrogens is 380 g/mol. The maximum atomic E-state index is 11.9. The molecule has 1 atom stereocenters. The molecule has 0 spiro atoms. The molecule has 29 heavy (non-hydrogen) atoms. The lowest BCUT2D eigenvalue weighted by Gasteiger charge is -2.18. The topological polar surface area (TPSA) is 120 Å². The van der Waals surface area contributed by atoms with Crippen LogP contribution in [0.15, 0.2) is 18.2 Å². The molecule has 0 radical (unpaired) electrons. The zero-order valence-electron chi connectivity index (χ0n) is 16.8. The van der Waals surface area contributed by atoms with E-state index in [0.29, 0.717) is 25.0 Å². The Morgan fingerprint density at radius 3 is 2.62 bits per heavy atom. The van der Waals surface area contributed by atoms with Crippen LogP contribution in [0.4, 0.5) is 5.69 Å². The summed E-state index contributed by atoms with van der Waals surface area (Å²) in [4.78, 5) is 46.9.